The Bertz CT molecular complexity index is 1930. The molecule has 0 fully saturated rings. The molecule has 0 aliphatic rings. The van der Waals surface area contributed by atoms with Gasteiger partial charge in [0.25, 0.3) is 0 Å². The first kappa shape index (κ1) is 23.1. The number of nitriles is 2. The minimum absolute atomic E-state index is 0.553. The molecule has 6 aromatic rings. The van der Waals surface area contributed by atoms with Crippen molar-refractivity contribution >= 4 is 21.8 Å². The first-order valence-electron chi connectivity index (χ1n) is 12.3. The van der Waals surface area contributed by atoms with E-state index in [1.54, 1.807) is 0 Å². The number of hydrogen-bond acceptors (Lipinski definition) is 5. The molecule has 4 aromatic carbocycles. The molecule has 0 aliphatic heterocycles. The van der Waals surface area contributed by atoms with Gasteiger partial charge in [-0.3, -0.25) is 0 Å². The number of para-hydroxylation sites is 1. The first-order valence-corrected chi connectivity index (χ1v) is 12.3. The van der Waals surface area contributed by atoms with Crippen LogP contribution < -0.4 is 0 Å². The molecule has 0 N–H and O–H groups in total. The van der Waals surface area contributed by atoms with Crippen molar-refractivity contribution in [2.45, 2.75) is 20.4 Å². The SMILES string of the molecule is Cc1nc(C)nc(-c2cc(C#N)ccc2Cn2c3ccccc3c3ccc(-c4ccccc4C#N)cc32)n1. The Kier molecular flexibility index (Phi) is 5.64. The topological polar surface area (TPSA) is 91.2 Å². The summed E-state index contributed by atoms with van der Waals surface area (Å²) >= 11 is 0. The molecule has 6 heteroatoms. The first-order chi connectivity index (χ1) is 18.6. The van der Waals surface area contributed by atoms with Crippen molar-refractivity contribution in [2.75, 3.05) is 0 Å². The molecular weight excluding hydrogens is 468 g/mol. The van der Waals surface area contributed by atoms with Crippen molar-refractivity contribution < 1.29 is 0 Å². The lowest BCUT2D eigenvalue weighted by Gasteiger charge is -2.14. The van der Waals surface area contributed by atoms with Crippen LogP contribution in [-0.4, -0.2) is 19.5 Å². The van der Waals surface area contributed by atoms with Crippen LogP contribution in [0.3, 0.4) is 0 Å². The fourth-order valence-corrected chi connectivity index (χ4v) is 5.12. The normalized spacial score (nSPS) is 10.9. The van der Waals surface area contributed by atoms with Crippen molar-refractivity contribution in [3.63, 3.8) is 0 Å². The molecule has 0 saturated heterocycles. The maximum Gasteiger partial charge on any atom is 0.163 e. The van der Waals surface area contributed by atoms with E-state index in [0.29, 0.717) is 35.1 Å². The van der Waals surface area contributed by atoms with Crippen LogP contribution in [0.1, 0.15) is 28.3 Å². The van der Waals surface area contributed by atoms with Crippen LogP contribution in [0, 0.1) is 36.5 Å². The average molecular weight is 491 g/mol. The van der Waals surface area contributed by atoms with Crippen molar-refractivity contribution in [1.29, 1.82) is 10.5 Å². The summed E-state index contributed by atoms with van der Waals surface area (Å²) in [5.41, 5.74) is 7.07. The van der Waals surface area contributed by atoms with Crippen LogP contribution in [-0.2, 0) is 6.54 Å². The van der Waals surface area contributed by atoms with Gasteiger partial charge in [-0.05, 0) is 60.9 Å². The van der Waals surface area contributed by atoms with Gasteiger partial charge in [-0.2, -0.15) is 10.5 Å². The Hall–Kier alpha value is -5.33. The van der Waals surface area contributed by atoms with Crippen LogP contribution in [0.25, 0.3) is 44.3 Å². The molecule has 0 radical (unpaired) electrons. The summed E-state index contributed by atoms with van der Waals surface area (Å²) in [5, 5.41) is 21.6. The number of aryl methyl sites for hydroxylation is 2. The Morgan fingerprint density at radius 3 is 2.21 bits per heavy atom. The van der Waals surface area contributed by atoms with Crippen LogP contribution in [0.2, 0.25) is 0 Å². The molecule has 6 nitrogen and oxygen atoms in total. The van der Waals surface area contributed by atoms with Crippen molar-refractivity contribution in [3.8, 4) is 34.7 Å². The molecule has 6 rings (SSSR count). The maximum atomic E-state index is 9.68. The molecule has 0 amide bonds. The van der Waals surface area contributed by atoms with Crippen molar-refractivity contribution in [3.05, 3.63) is 113 Å². The summed E-state index contributed by atoms with van der Waals surface area (Å²) in [5.74, 6) is 1.84. The molecule has 0 saturated carbocycles. The van der Waals surface area contributed by atoms with E-state index < -0.39 is 0 Å². The lowest BCUT2D eigenvalue weighted by molar-refractivity contribution is 0.863. The quantitative estimate of drug-likeness (QED) is 0.273. The lowest BCUT2D eigenvalue weighted by atomic mass is 9.99. The standard InChI is InChI=1S/C32H22N6/c1-20-35-21(2)37-32(36-20)29-15-22(17-33)11-12-25(29)19-38-30-10-6-5-9-27(30)28-14-13-23(16-31(28)38)26-8-4-3-7-24(26)18-34/h3-16H,19H2,1-2H3. The highest BCUT2D eigenvalue weighted by Gasteiger charge is 2.17. The van der Waals surface area contributed by atoms with E-state index in [0.717, 1.165) is 44.1 Å². The number of hydrogen-bond donors (Lipinski definition) is 0. The molecule has 0 atom stereocenters. The molecule has 2 aromatic heterocycles. The van der Waals surface area contributed by atoms with Crippen LogP contribution in [0.5, 0.6) is 0 Å². The molecule has 38 heavy (non-hydrogen) atoms. The van der Waals surface area contributed by atoms with Gasteiger partial charge in [0.1, 0.15) is 11.6 Å². The zero-order chi connectivity index (χ0) is 26.2. The zero-order valence-corrected chi connectivity index (χ0v) is 21.0. The van der Waals surface area contributed by atoms with Gasteiger partial charge in [-0.15, -0.1) is 0 Å². The van der Waals surface area contributed by atoms with Gasteiger partial charge in [-0.25, -0.2) is 15.0 Å². The predicted molar refractivity (Wildman–Crippen MR) is 148 cm³/mol. The Morgan fingerprint density at radius 2 is 1.42 bits per heavy atom. The summed E-state index contributed by atoms with van der Waals surface area (Å²) in [7, 11) is 0. The number of rotatable bonds is 4. The third-order valence-corrected chi connectivity index (χ3v) is 6.80. The molecule has 2 heterocycles. The molecule has 0 bridgehead atoms. The minimum atomic E-state index is 0.553. The van der Waals surface area contributed by atoms with E-state index in [2.05, 4.69) is 68.1 Å². The van der Waals surface area contributed by atoms with Gasteiger partial charge in [0.05, 0.1) is 28.8 Å². The third kappa shape index (κ3) is 3.95. The molecule has 180 valence electrons. The number of fused-ring (bicyclic) bond motifs is 3. The molecule has 0 unspecified atom stereocenters. The van der Waals surface area contributed by atoms with Crippen molar-refractivity contribution in [1.82, 2.24) is 19.5 Å². The predicted octanol–water partition coefficient (Wildman–Crippen LogP) is 6.72. The van der Waals surface area contributed by atoms with Crippen LogP contribution in [0.15, 0.2) is 84.9 Å². The largest absolute Gasteiger partial charge is 0.336 e. The van der Waals surface area contributed by atoms with Gasteiger partial charge >= 0.3 is 0 Å². The second-order valence-corrected chi connectivity index (χ2v) is 9.23. The number of aromatic nitrogens is 4. The number of nitrogens with zero attached hydrogens (tertiary/aromatic N) is 6. The maximum absolute atomic E-state index is 9.68. The van der Waals surface area contributed by atoms with Crippen LogP contribution in [0.4, 0.5) is 0 Å². The molecule has 0 spiro atoms. The summed E-state index contributed by atoms with van der Waals surface area (Å²) in [6.45, 7) is 4.25. The second-order valence-electron chi connectivity index (χ2n) is 9.23. The van der Waals surface area contributed by atoms with E-state index >= 15 is 0 Å². The summed E-state index contributed by atoms with van der Waals surface area (Å²) < 4.78 is 2.29. The number of benzene rings is 4. The Balaban J connectivity index is 1.58. The van der Waals surface area contributed by atoms with Crippen LogP contribution >= 0.6 is 0 Å². The van der Waals surface area contributed by atoms with Gasteiger partial charge in [0.15, 0.2) is 5.82 Å². The summed E-state index contributed by atoms with van der Waals surface area (Å²) in [6.07, 6.45) is 0. The smallest absolute Gasteiger partial charge is 0.163 e. The highest BCUT2D eigenvalue weighted by molar-refractivity contribution is 6.09. The Morgan fingerprint density at radius 1 is 0.684 bits per heavy atom. The van der Waals surface area contributed by atoms with E-state index in [1.807, 2.05) is 62.4 Å². The van der Waals surface area contributed by atoms with Gasteiger partial charge < -0.3 is 4.57 Å². The molecular formula is C32H22N6. The van der Waals surface area contributed by atoms with Crippen molar-refractivity contribution in [2.24, 2.45) is 0 Å². The lowest BCUT2D eigenvalue weighted by Crippen LogP contribution is -2.05. The summed E-state index contributed by atoms with van der Waals surface area (Å²) in [6, 6.07) is 32.6. The minimum Gasteiger partial charge on any atom is -0.336 e. The zero-order valence-electron chi connectivity index (χ0n) is 21.0. The fraction of sp³-hybridized carbons (Fsp3) is 0.0938. The van der Waals surface area contributed by atoms with E-state index in [9.17, 15) is 10.5 Å². The monoisotopic (exact) mass is 490 g/mol. The molecule has 0 aliphatic carbocycles. The van der Waals surface area contributed by atoms with Gasteiger partial charge in [-0.1, -0.05) is 54.6 Å². The summed E-state index contributed by atoms with van der Waals surface area (Å²) in [4.78, 5) is 13.5. The van der Waals surface area contributed by atoms with E-state index in [1.165, 1.54) is 0 Å². The van der Waals surface area contributed by atoms with Gasteiger partial charge in [0, 0.05) is 28.4 Å². The Labute approximate surface area is 220 Å². The third-order valence-electron chi connectivity index (χ3n) is 6.80. The second kappa shape index (κ2) is 9.28. The average Bonchev–Trinajstić information content (AvgIpc) is 3.25. The van der Waals surface area contributed by atoms with Gasteiger partial charge in [0.2, 0.25) is 0 Å². The van der Waals surface area contributed by atoms with E-state index in [4.69, 9.17) is 0 Å². The highest BCUT2D eigenvalue weighted by Crippen LogP contribution is 2.35. The fourth-order valence-electron chi connectivity index (χ4n) is 5.12. The van der Waals surface area contributed by atoms with E-state index in [-0.39, 0.29) is 0 Å². The highest BCUT2D eigenvalue weighted by atomic mass is 15.0.